The number of benzene rings is 1. The minimum Gasteiger partial charge on any atom is -0.391 e. The van der Waals surface area contributed by atoms with Crippen molar-refractivity contribution in [2.45, 2.75) is 57.7 Å². The van der Waals surface area contributed by atoms with Crippen LogP contribution in [0.15, 0.2) is 50.2 Å². The van der Waals surface area contributed by atoms with Crippen LogP contribution in [0, 0.1) is 12.8 Å². The van der Waals surface area contributed by atoms with E-state index in [1.54, 1.807) is 23.8 Å². The number of aromatic amines is 1. The fourth-order valence-corrected chi connectivity index (χ4v) is 5.93. The van der Waals surface area contributed by atoms with Gasteiger partial charge in [0.2, 0.25) is 5.91 Å². The van der Waals surface area contributed by atoms with Gasteiger partial charge in [0.1, 0.15) is 11.8 Å². The molecule has 5 rings (SSSR count). The number of aliphatic hydroxyl groups excluding tert-OH is 1. The van der Waals surface area contributed by atoms with Crippen LogP contribution in [0.3, 0.4) is 0 Å². The van der Waals surface area contributed by atoms with Crippen LogP contribution >= 0.6 is 11.3 Å². The number of carbonyl (C=O) groups is 2. The number of aromatic nitrogens is 2. The average Bonchev–Trinajstić information content (AvgIpc) is 3.62. The first-order chi connectivity index (χ1) is 17.6. The number of aliphatic hydroxyl groups is 1. The molecule has 0 radical (unpaired) electrons. The number of amidine groups is 1. The highest BCUT2D eigenvalue weighted by Crippen LogP contribution is 2.36. The third kappa shape index (κ3) is 4.42. The van der Waals surface area contributed by atoms with Crippen LogP contribution in [0.5, 0.6) is 0 Å². The number of hydrogen-bond donors (Lipinski definition) is 3. The van der Waals surface area contributed by atoms with Gasteiger partial charge in [0.15, 0.2) is 11.3 Å². The third-order valence-electron chi connectivity index (χ3n) is 7.14. The standard InChI is InChI=1S/C26H29N5O5S/c1-13(2)21(19-10-20(33)30-36-19)24(34)31-11-17(32)9-18(31)23-28-25(35)26(4,29-23)16-7-5-15(6-8-16)22-14(3)27-12-37-22/h5-8,10,12-13,17-18,21,32H,9,11H2,1-4H3,(H,30,33)(H,28,29,35)/t17-,18?,21+,26+/m1/s1. The Kier molecular flexibility index (Phi) is 6.36. The van der Waals surface area contributed by atoms with E-state index in [-0.39, 0.29) is 36.5 Å². The van der Waals surface area contributed by atoms with E-state index in [4.69, 9.17) is 9.52 Å². The van der Waals surface area contributed by atoms with Crippen LogP contribution in [0.25, 0.3) is 10.4 Å². The molecule has 1 unspecified atom stereocenters. The van der Waals surface area contributed by atoms with E-state index < -0.39 is 29.2 Å². The molecule has 11 heteroatoms. The lowest BCUT2D eigenvalue weighted by Crippen LogP contribution is -2.48. The van der Waals surface area contributed by atoms with Crippen molar-refractivity contribution >= 4 is 29.0 Å². The number of thiazole rings is 1. The summed E-state index contributed by atoms with van der Waals surface area (Å²) in [5, 5.41) is 15.6. The maximum absolute atomic E-state index is 13.7. The zero-order chi connectivity index (χ0) is 26.5. The molecule has 4 atom stereocenters. The van der Waals surface area contributed by atoms with E-state index in [1.165, 1.54) is 11.0 Å². The normalized spacial score (nSPS) is 24.4. The number of rotatable bonds is 6. The molecule has 194 valence electrons. The Morgan fingerprint density at radius 2 is 2.00 bits per heavy atom. The van der Waals surface area contributed by atoms with Gasteiger partial charge in [-0.3, -0.25) is 14.4 Å². The average molecular weight is 524 g/mol. The Balaban J connectivity index is 1.44. The summed E-state index contributed by atoms with van der Waals surface area (Å²) in [7, 11) is 0. The molecule has 1 fully saturated rings. The molecule has 3 N–H and O–H groups in total. The first-order valence-corrected chi connectivity index (χ1v) is 13.1. The largest absolute Gasteiger partial charge is 0.391 e. The lowest BCUT2D eigenvalue weighted by Gasteiger charge is -2.29. The van der Waals surface area contributed by atoms with Gasteiger partial charge >= 0.3 is 0 Å². The molecule has 3 aromatic rings. The fraction of sp³-hybridized carbons (Fsp3) is 0.423. The molecular weight excluding hydrogens is 494 g/mol. The molecule has 2 amide bonds. The van der Waals surface area contributed by atoms with Gasteiger partial charge in [0.25, 0.3) is 11.5 Å². The molecule has 0 spiro atoms. The van der Waals surface area contributed by atoms with Crippen LogP contribution in [0.2, 0.25) is 0 Å². The van der Waals surface area contributed by atoms with Crippen molar-refractivity contribution in [3.63, 3.8) is 0 Å². The molecule has 4 heterocycles. The Labute approximate surface area is 217 Å². The summed E-state index contributed by atoms with van der Waals surface area (Å²) >= 11 is 1.56. The molecule has 10 nitrogen and oxygen atoms in total. The van der Waals surface area contributed by atoms with Crippen LogP contribution in [0.4, 0.5) is 0 Å². The number of amides is 2. The number of nitrogens with one attached hydrogen (secondary N) is 2. The van der Waals surface area contributed by atoms with Gasteiger partial charge < -0.3 is 19.8 Å². The number of likely N-dealkylation sites (tertiary alicyclic amines) is 1. The number of carbonyl (C=O) groups excluding carboxylic acids is 2. The molecule has 0 saturated carbocycles. The van der Waals surface area contributed by atoms with Gasteiger partial charge in [-0.1, -0.05) is 38.1 Å². The summed E-state index contributed by atoms with van der Waals surface area (Å²) < 4.78 is 5.26. The molecular formula is C26H29N5O5S. The van der Waals surface area contributed by atoms with Crippen molar-refractivity contribution < 1.29 is 19.2 Å². The summed E-state index contributed by atoms with van der Waals surface area (Å²) in [4.78, 5) is 50.2. The van der Waals surface area contributed by atoms with Gasteiger partial charge in [0, 0.05) is 19.0 Å². The Morgan fingerprint density at radius 3 is 2.59 bits per heavy atom. The summed E-state index contributed by atoms with van der Waals surface area (Å²) in [6.07, 6.45) is -0.528. The number of aryl methyl sites for hydroxylation is 1. The van der Waals surface area contributed by atoms with Gasteiger partial charge in [0.05, 0.1) is 28.2 Å². The zero-order valence-electron chi connectivity index (χ0n) is 21.0. The van der Waals surface area contributed by atoms with Crippen molar-refractivity contribution in [3.8, 4) is 10.4 Å². The number of hydrogen-bond acceptors (Lipinski definition) is 8. The van der Waals surface area contributed by atoms with Crippen molar-refractivity contribution in [1.29, 1.82) is 0 Å². The highest BCUT2D eigenvalue weighted by Gasteiger charge is 2.48. The van der Waals surface area contributed by atoms with Crippen molar-refractivity contribution in [2.24, 2.45) is 10.9 Å². The van der Waals surface area contributed by atoms with Gasteiger partial charge in [-0.15, -0.1) is 11.3 Å². The highest BCUT2D eigenvalue weighted by atomic mass is 32.1. The molecule has 1 aromatic carbocycles. The molecule has 2 aliphatic rings. The highest BCUT2D eigenvalue weighted by molar-refractivity contribution is 7.13. The van der Waals surface area contributed by atoms with E-state index in [0.717, 1.165) is 21.7 Å². The second kappa shape index (κ2) is 9.38. The van der Waals surface area contributed by atoms with Crippen molar-refractivity contribution in [1.82, 2.24) is 20.4 Å². The quantitative estimate of drug-likeness (QED) is 0.454. The molecule has 2 aromatic heterocycles. The van der Waals surface area contributed by atoms with E-state index in [1.807, 2.05) is 45.0 Å². The van der Waals surface area contributed by atoms with E-state index in [0.29, 0.717) is 5.84 Å². The molecule has 1 saturated heterocycles. The lowest BCUT2D eigenvalue weighted by molar-refractivity contribution is -0.134. The van der Waals surface area contributed by atoms with Gasteiger partial charge in [-0.2, -0.15) is 5.16 Å². The number of β-amino-alcohol motifs (C(OH)–C–C–N with tert-alkyl or cyclic N) is 1. The van der Waals surface area contributed by atoms with Crippen LogP contribution < -0.4 is 10.9 Å². The summed E-state index contributed by atoms with van der Waals surface area (Å²) in [6.45, 7) is 7.51. The maximum Gasteiger partial charge on any atom is 0.280 e. The monoisotopic (exact) mass is 523 g/mol. The second-order valence-electron chi connectivity index (χ2n) is 10.1. The first-order valence-electron chi connectivity index (χ1n) is 12.2. The zero-order valence-corrected chi connectivity index (χ0v) is 21.8. The fourth-order valence-electron chi connectivity index (χ4n) is 5.12. The SMILES string of the molecule is Cc1ncsc1-c1ccc([C@]2(C)N=C(C3C[C@@H](O)CN3C(=O)[C@H](c3cc(=O)[nH]o3)C(C)C)NC2=O)cc1. The topological polar surface area (TPSA) is 141 Å². The minimum absolute atomic E-state index is 0.0931. The number of H-pyrrole nitrogens is 1. The predicted octanol–water partition coefficient (Wildman–Crippen LogP) is 2.54. The number of aliphatic imine (C=N–C) groups is 1. The summed E-state index contributed by atoms with van der Waals surface area (Å²) in [6, 6.07) is 8.34. The third-order valence-corrected chi connectivity index (χ3v) is 8.12. The van der Waals surface area contributed by atoms with Crippen molar-refractivity contribution in [3.05, 3.63) is 63.2 Å². The summed E-state index contributed by atoms with van der Waals surface area (Å²) in [5.74, 6) is -0.903. The Bertz CT molecular complexity index is 1420. The minimum atomic E-state index is -1.18. The molecule has 0 aliphatic carbocycles. The van der Waals surface area contributed by atoms with Crippen molar-refractivity contribution in [2.75, 3.05) is 6.54 Å². The Hall–Kier alpha value is -3.57. The van der Waals surface area contributed by atoms with Gasteiger partial charge in [-0.25, -0.2) is 9.98 Å². The van der Waals surface area contributed by atoms with Gasteiger partial charge in [-0.05, 0) is 30.9 Å². The second-order valence-corrected chi connectivity index (χ2v) is 11.0. The first kappa shape index (κ1) is 25.1. The summed E-state index contributed by atoms with van der Waals surface area (Å²) in [5.41, 5.74) is 2.89. The van der Waals surface area contributed by atoms with Crippen LogP contribution in [-0.2, 0) is 15.1 Å². The Morgan fingerprint density at radius 1 is 1.27 bits per heavy atom. The number of nitrogens with zero attached hydrogens (tertiary/aromatic N) is 3. The molecule has 37 heavy (non-hydrogen) atoms. The van der Waals surface area contributed by atoms with E-state index >= 15 is 0 Å². The molecule has 2 aliphatic heterocycles. The smallest absolute Gasteiger partial charge is 0.280 e. The molecule has 0 bridgehead atoms. The predicted molar refractivity (Wildman–Crippen MR) is 138 cm³/mol. The van der Waals surface area contributed by atoms with E-state index in [2.05, 4.69) is 15.5 Å². The van der Waals surface area contributed by atoms with Crippen LogP contribution in [0.1, 0.15) is 50.1 Å². The maximum atomic E-state index is 13.7. The van der Waals surface area contributed by atoms with Crippen LogP contribution in [-0.4, -0.2) is 56.5 Å². The van der Waals surface area contributed by atoms with E-state index in [9.17, 15) is 19.5 Å². The lowest BCUT2D eigenvalue weighted by atomic mass is 9.91.